The van der Waals surface area contributed by atoms with Gasteiger partial charge in [-0.3, -0.25) is 25.0 Å². The lowest BCUT2D eigenvalue weighted by Gasteiger charge is -2.12. The Kier molecular flexibility index (Phi) is 7.79. The highest BCUT2D eigenvalue weighted by Gasteiger charge is 2.23. The second-order valence-electron chi connectivity index (χ2n) is 9.65. The highest BCUT2D eigenvalue weighted by atomic mass is 79.9. The summed E-state index contributed by atoms with van der Waals surface area (Å²) in [5.41, 5.74) is 0.610. The molecule has 45 heavy (non-hydrogen) atoms. The quantitative estimate of drug-likeness (QED) is 0.0908. The van der Waals surface area contributed by atoms with Crippen LogP contribution in [0.15, 0.2) is 104 Å². The van der Waals surface area contributed by atoms with Gasteiger partial charge in [0.15, 0.2) is 11.5 Å². The van der Waals surface area contributed by atoms with Crippen molar-refractivity contribution in [2.24, 2.45) is 5.10 Å². The summed E-state index contributed by atoms with van der Waals surface area (Å²) in [7, 11) is 1.32. The van der Waals surface area contributed by atoms with Gasteiger partial charge in [0, 0.05) is 33.6 Å². The standard InChI is InChI=1S/C31H20BrN5O8/c1-43-27-13-19(12-25(37(41)42)29(27)44-17-18-5-4-6-22(11-18)36(39)40)16-33-35-30(34-24-8-3-2-7-23(24)31(35)38)28-15-20-14-21(32)9-10-26(20)45-28/h2-16H,17H2,1H3. The fraction of sp³-hybridized carbons (Fsp3) is 0.0645. The average Bonchev–Trinajstić information content (AvgIpc) is 3.46. The van der Waals surface area contributed by atoms with Gasteiger partial charge >= 0.3 is 5.69 Å². The van der Waals surface area contributed by atoms with Gasteiger partial charge in [-0.1, -0.05) is 40.2 Å². The van der Waals surface area contributed by atoms with E-state index in [2.05, 4.69) is 26.0 Å². The van der Waals surface area contributed by atoms with Gasteiger partial charge in [-0.05, 0) is 48.0 Å². The zero-order valence-electron chi connectivity index (χ0n) is 23.2. The Morgan fingerprint density at radius 3 is 2.60 bits per heavy atom. The van der Waals surface area contributed by atoms with Crippen LogP contribution >= 0.6 is 15.9 Å². The first-order chi connectivity index (χ1) is 21.7. The Morgan fingerprint density at radius 1 is 1.00 bits per heavy atom. The molecule has 0 radical (unpaired) electrons. The Balaban J connectivity index is 1.41. The molecule has 6 rings (SSSR count). The van der Waals surface area contributed by atoms with E-state index in [1.807, 2.05) is 12.1 Å². The number of methoxy groups -OCH3 is 1. The number of non-ortho nitro benzene ring substituents is 1. The molecule has 0 N–H and O–H groups in total. The van der Waals surface area contributed by atoms with Crippen molar-refractivity contribution in [2.75, 3.05) is 7.11 Å². The van der Waals surface area contributed by atoms with E-state index in [-0.39, 0.29) is 40.9 Å². The third-order valence-corrected chi connectivity index (χ3v) is 7.25. The maximum Gasteiger partial charge on any atom is 0.315 e. The minimum atomic E-state index is -0.648. The second-order valence-corrected chi connectivity index (χ2v) is 10.6. The number of para-hydroxylation sites is 1. The van der Waals surface area contributed by atoms with Gasteiger partial charge in [0.25, 0.3) is 11.2 Å². The number of fused-ring (bicyclic) bond motifs is 2. The number of benzene rings is 4. The normalized spacial score (nSPS) is 11.3. The number of hydrogen-bond acceptors (Lipinski definition) is 10. The molecule has 0 spiro atoms. The van der Waals surface area contributed by atoms with Crippen LogP contribution in [0.5, 0.6) is 11.5 Å². The third kappa shape index (κ3) is 5.86. The number of aromatic nitrogens is 2. The van der Waals surface area contributed by atoms with Gasteiger partial charge in [-0.25, -0.2) is 4.98 Å². The Hall–Kier alpha value is -5.89. The highest BCUT2D eigenvalue weighted by Crippen LogP contribution is 2.39. The van der Waals surface area contributed by atoms with Crippen LogP contribution < -0.4 is 15.0 Å². The Bertz CT molecular complexity index is 2230. The van der Waals surface area contributed by atoms with Crippen LogP contribution in [0, 0.1) is 20.2 Å². The molecule has 6 aromatic rings. The molecule has 4 aromatic carbocycles. The number of furan rings is 1. The van der Waals surface area contributed by atoms with Crippen LogP contribution in [0.1, 0.15) is 11.1 Å². The lowest BCUT2D eigenvalue weighted by molar-refractivity contribution is -0.386. The number of halogens is 1. The second kappa shape index (κ2) is 12.0. The van der Waals surface area contributed by atoms with E-state index in [0.29, 0.717) is 22.0 Å². The molecule has 14 heteroatoms. The van der Waals surface area contributed by atoms with Crippen LogP contribution in [0.2, 0.25) is 0 Å². The third-order valence-electron chi connectivity index (χ3n) is 6.75. The highest BCUT2D eigenvalue weighted by molar-refractivity contribution is 9.10. The number of hydrogen-bond donors (Lipinski definition) is 0. The number of ether oxygens (including phenoxy) is 2. The number of nitro groups is 2. The number of nitro benzene ring substituents is 2. The van der Waals surface area contributed by atoms with Crippen molar-refractivity contribution < 1.29 is 23.7 Å². The van der Waals surface area contributed by atoms with Crippen LogP contribution in [0.25, 0.3) is 33.5 Å². The Labute approximate surface area is 261 Å². The first-order valence-electron chi connectivity index (χ1n) is 13.2. The summed E-state index contributed by atoms with van der Waals surface area (Å²) in [6, 6.07) is 22.4. The van der Waals surface area contributed by atoms with E-state index in [9.17, 15) is 25.0 Å². The molecule has 2 aromatic heterocycles. The summed E-state index contributed by atoms with van der Waals surface area (Å²) in [6.07, 6.45) is 1.26. The molecule has 13 nitrogen and oxygen atoms in total. The summed E-state index contributed by atoms with van der Waals surface area (Å²) in [4.78, 5) is 40.3. The molecule has 0 bridgehead atoms. The van der Waals surface area contributed by atoms with E-state index >= 15 is 0 Å². The zero-order valence-corrected chi connectivity index (χ0v) is 24.8. The van der Waals surface area contributed by atoms with Crippen molar-refractivity contribution in [3.8, 4) is 23.1 Å². The van der Waals surface area contributed by atoms with E-state index < -0.39 is 21.1 Å². The van der Waals surface area contributed by atoms with E-state index in [1.165, 1.54) is 43.7 Å². The van der Waals surface area contributed by atoms with Crippen LogP contribution in [-0.4, -0.2) is 32.8 Å². The average molecular weight is 670 g/mol. The van der Waals surface area contributed by atoms with Gasteiger partial charge < -0.3 is 13.9 Å². The van der Waals surface area contributed by atoms with Crippen molar-refractivity contribution in [1.82, 2.24) is 9.66 Å². The maximum atomic E-state index is 13.6. The van der Waals surface area contributed by atoms with Gasteiger partial charge in [0.05, 0.1) is 34.1 Å². The fourth-order valence-corrected chi connectivity index (χ4v) is 5.05. The van der Waals surface area contributed by atoms with Gasteiger partial charge in [-0.2, -0.15) is 9.78 Å². The Morgan fingerprint density at radius 2 is 1.82 bits per heavy atom. The molecular formula is C31H20BrN5O8. The molecule has 2 heterocycles. The van der Waals surface area contributed by atoms with Gasteiger partial charge in [0.1, 0.15) is 12.2 Å². The van der Waals surface area contributed by atoms with Crippen LogP contribution in [-0.2, 0) is 6.61 Å². The SMILES string of the molecule is COc1cc(C=Nn2c(-c3cc4cc(Br)ccc4o3)nc3ccccc3c2=O)cc([N+](=O)[O-])c1OCc1cccc([N+](=O)[O-])c1. The maximum absolute atomic E-state index is 13.6. The molecule has 0 aliphatic rings. The molecule has 0 atom stereocenters. The minimum absolute atomic E-state index is 0.0168. The molecule has 0 aliphatic heterocycles. The smallest absolute Gasteiger partial charge is 0.315 e. The van der Waals surface area contributed by atoms with E-state index in [4.69, 9.17) is 13.9 Å². The zero-order chi connectivity index (χ0) is 31.7. The topological polar surface area (TPSA) is 165 Å². The summed E-state index contributed by atoms with van der Waals surface area (Å²) < 4.78 is 19.1. The van der Waals surface area contributed by atoms with Crippen molar-refractivity contribution >= 4 is 55.4 Å². The van der Waals surface area contributed by atoms with E-state index in [0.717, 1.165) is 14.5 Å². The first-order valence-corrected chi connectivity index (χ1v) is 14.0. The van der Waals surface area contributed by atoms with Crippen LogP contribution in [0.3, 0.4) is 0 Å². The van der Waals surface area contributed by atoms with Gasteiger partial charge in [0.2, 0.25) is 11.6 Å². The fourth-order valence-electron chi connectivity index (χ4n) is 4.67. The molecule has 0 aliphatic carbocycles. The minimum Gasteiger partial charge on any atom is -0.493 e. The molecule has 224 valence electrons. The lowest BCUT2D eigenvalue weighted by Crippen LogP contribution is -2.20. The largest absolute Gasteiger partial charge is 0.493 e. The molecular weight excluding hydrogens is 650 g/mol. The number of nitrogens with zero attached hydrogens (tertiary/aromatic N) is 5. The molecule has 0 saturated carbocycles. The van der Waals surface area contributed by atoms with Crippen molar-refractivity contribution in [3.05, 3.63) is 131 Å². The van der Waals surface area contributed by atoms with Crippen molar-refractivity contribution in [1.29, 1.82) is 0 Å². The molecule has 0 saturated heterocycles. The molecule has 0 fully saturated rings. The molecule has 0 amide bonds. The van der Waals surface area contributed by atoms with Crippen molar-refractivity contribution in [2.45, 2.75) is 6.61 Å². The predicted octanol–water partition coefficient (Wildman–Crippen LogP) is 6.86. The first kappa shape index (κ1) is 29.2. The lowest BCUT2D eigenvalue weighted by atomic mass is 10.1. The monoisotopic (exact) mass is 669 g/mol. The summed E-state index contributed by atoms with van der Waals surface area (Å²) in [5.74, 6) is 0.255. The van der Waals surface area contributed by atoms with E-state index in [1.54, 1.807) is 42.5 Å². The number of rotatable bonds is 9. The summed E-state index contributed by atoms with van der Waals surface area (Å²) in [5, 5.41) is 28.7. The molecule has 0 unspecified atom stereocenters. The van der Waals surface area contributed by atoms with Gasteiger partial charge in [-0.15, -0.1) is 0 Å². The summed E-state index contributed by atoms with van der Waals surface area (Å²) in [6.45, 7) is -0.193. The van der Waals surface area contributed by atoms with Crippen molar-refractivity contribution in [3.63, 3.8) is 0 Å². The summed E-state index contributed by atoms with van der Waals surface area (Å²) >= 11 is 3.44. The van der Waals surface area contributed by atoms with Crippen LogP contribution in [0.4, 0.5) is 11.4 Å². The predicted molar refractivity (Wildman–Crippen MR) is 169 cm³/mol.